The highest BCUT2D eigenvalue weighted by Crippen LogP contribution is 2.31. The summed E-state index contributed by atoms with van der Waals surface area (Å²) in [6.07, 6.45) is 0. The second kappa shape index (κ2) is 6.92. The molecule has 7 nitrogen and oxygen atoms in total. The van der Waals surface area contributed by atoms with Gasteiger partial charge in [-0.25, -0.2) is 0 Å². The van der Waals surface area contributed by atoms with Crippen LogP contribution in [-0.4, -0.2) is 41.1 Å². The molecule has 1 aliphatic rings. The molecule has 2 aromatic carbocycles. The molecule has 0 atom stereocenters. The first-order valence-corrected chi connectivity index (χ1v) is 8.46. The minimum Gasteiger partial charge on any atom is -0.496 e. The van der Waals surface area contributed by atoms with Gasteiger partial charge in [-0.05, 0) is 36.4 Å². The fourth-order valence-corrected chi connectivity index (χ4v) is 3.01. The first-order chi connectivity index (χ1) is 13.2. The zero-order valence-electron chi connectivity index (χ0n) is 14.6. The van der Waals surface area contributed by atoms with Gasteiger partial charge in [0, 0.05) is 18.7 Å². The normalized spacial score (nSPS) is 13.7. The minimum atomic E-state index is -0.0693. The summed E-state index contributed by atoms with van der Waals surface area (Å²) in [5.41, 5.74) is 1.86. The van der Waals surface area contributed by atoms with E-state index in [2.05, 4.69) is 10.1 Å². The van der Waals surface area contributed by atoms with E-state index in [1.165, 1.54) is 0 Å². The van der Waals surface area contributed by atoms with E-state index in [4.69, 9.17) is 14.5 Å². The Bertz CT molecular complexity index is 1010. The van der Waals surface area contributed by atoms with Crippen molar-refractivity contribution < 1.29 is 14.1 Å². The van der Waals surface area contributed by atoms with Crippen molar-refractivity contribution in [3.63, 3.8) is 0 Å². The number of nitrogens with zero attached hydrogens (tertiary/aromatic N) is 4. The number of nitriles is 1. The molecule has 0 aliphatic carbocycles. The first-order valence-electron chi connectivity index (χ1n) is 8.46. The third kappa shape index (κ3) is 3.13. The Morgan fingerprint density at radius 1 is 1.22 bits per heavy atom. The largest absolute Gasteiger partial charge is 0.496 e. The lowest BCUT2D eigenvalue weighted by molar-refractivity contribution is 0.0569. The lowest BCUT2D eigenvalue weighted by Gasteiger charge is -2.37. The first kappa shape index (κ1) is 16.8. The van der Waals surface area contributed by atoms with Crippen molar-refractivity contribution in [3.8, 4) is 23.2 Å². The third-order valence-electron chi connectivity index (χ3n) is 4.57. The molecule has 3 aromatic rings. The molecule has 27 heavy (non-hydrogen) atoms. The van der Waals surface area contributed by atoms with Gasteiger partial charge in [-0.2, -0.15) is 10.2 Å². The van der Waals surface area contributed by atoms with Crippen molar-refractivity contribution in [1.82, 2.24) is 15.0 Å². The van der Waals surface area contributed by atoms with Gasteiger partial charge in [0.2, 0.25) is 11.7 Å². The Balaban J connectivity index is 1.43. The SMILES string of the molecule is COc1ccccc1-c1noc(C2CN(C(=O)c3ccc(C#N)cc3)C2)n1. The maximum atomic E-state index is 12.5. The topological polar surface area (TPSA) is 92.3 Å². The van der Waals surface area contributed by atoms with Crippen LogP contribution in [0.15, 0.2) is 53.1 Å². The minimum absolute atomic E-state index is 0.0169. The van der Waals surface area contributed by atoms with E-state index in [0.29, 0.717) is 41.7 Å². The highest BCUT2D eigenvalue weighted by Gasteiger charge is 2.36. The number of aromatic nitrogens is 2. The molecule has 0 N–H and O–H groups in total. The summed E-state index contributed by atoms with van der Waals surface area (Å²) in [7, 11) is 1.60. The average Bonchev–Trinajstić information content (AvgIpc) is 3.16. The van der Waals surface area contributed by atoms with Gasteiger partial charge in [-0.15, -0.1) is 0 Å². The zero-order valence-corrected chi connectivity index (χ0v) is 14.6. The molecule has 0 saturated carbocycles. The summed E-state index contributed by atoms with van der Waals surface area (Å²) in [5, 5.41) is 12.9. The van der Waals surface area contributed by atoms with E-state index in [9.17, 15) is 4.79 Å². The summed E-state index contributed by atoms with van der Waals surface area (Å²) in [4.78, 5) is 18.7. The highest BCUT2D eigenvalue weighted by atomic mass is 16.5. The molecule has 1 fully saturated rings. The van der Waals surface area contributed by atoms with Crippen LogP contribution in [0.4, 0.5) is 0 Å². The molecule has 134 valence electrons. The molecular weight excluding hydrogens is 344 g/mol. The summed E-state index contributed by atoms with van der Waals surface area (Å²) >= 11 is 0. The molecule has 1 aliphatic heterocycles. The van der Waals surface area contributed by atoms with Gasteiger partial charge in [-0.1, -0.05) is 17.3 Å². The fourth-order valence-electron chi connectivity index (χ4n) is 3.01. The van der Waals surface area contributed by atoms with E-state index >= 15 is 0 Å². The number of likely N-dealkylation sites (tertiary alicyclic amines) is 1. The number of ether oxygens (including phenoxy) is 1. The standard InChI is InChI=1S/C20H16N4O3/c1-26-17-5-3-2-4-16(17)18-22-19(27-23-18)15-11-24(12-15)20(25)14-8-6-13(10-21)7-9-14/h2-9,15H,11-12H2,1H3. The van der Waals surface area contributed by atoms with Crippen LogP contribution in [0, 0.1) is 11.3 Å². The number of para-hydroxylation sites is 1. The van der Waals surface area contributed by atoms with Gasteiger partial charge in [0.05, 0.1) is 30.2 Å². The number of carbonyl (C=O) groups is 1. The maximum absolute atomic E-state index is 12.5. The molecule has 1 saturated heterocycles. The van der Waals surface area contributed by atoms with E-state index < -0.39 is 0 Å². The lowest BCUT2D eigenvalue weighted by atomic mass is 9.98. The summed E-state index contributed by atoms with van der Waals surface area (Å²) in [5.74, 6) is 1.61. The van der Waals surface area contributed by atoms with Gasteiger partial charge in [0.25, 0.3) is 5.91 Å². The average molecular weight is 360 g/mol. The predicted molar refractivity (Wildman–Crippen MR) is 96.1 cm³/mol. The van der Waals surface area contributed by atoms with E-state index in [1.807, 2.05) is 30.3 Å². The summed E-state index contributed by atoms with van der Waals surface area (Å²) < 4.78 is 10.7. The number of hydrogen-bond donors (Lipinski definition) is 0. The zero-order chi connectivity index (χ0) is 18.8. The second-order valence-corrected chi connectivity index (χ2v) is 6.25. The van der Waals surface area contributed by atoms with Crippen LogP contribution in [0.1, 0.15) is 27.7 Å². The molecule has 0 bridgehead atoms. The van der Waals surface area contributed by atoms with Gasteiger partial charge in [0.1, 0.15) is 5.75 Å². The molecule has 1 aromatic heterocycles. The predicted octanol–water partition coefficient (Wildman–Crippen LogP) is 2.86. The third-order valence-corrected chi connectivity index (χ3v) is 4.57. The summed E-state index contributed by atoms with van der Waals surface area (Å²) in [6, 6.07) is 16.1. The number of methoxy groups -OCH3 is 1. The van der Waals surface area contributed by atoms with Crippen molar-refractivity contribution >= 4 is 5.91 Å². The Kier molecular flexibility index (Phi) is 4.30. The number of amides is 1. The molecule has 0 spiro atoms. The number of benzene rings is 2. The molecule has 0 unspecified atom stereocenters. The van der Waals surface area contributed by atoms with E-state index in [0.717, 1.165) is 5.56 Å². The van der Waals surface area contributed by atoms with E-state index in [-0.39, 0.29) is 11.8 Å². The second-order valence-electron chi connectivity index (χ2n) is 6.25. The monoisotopic (exact) mass is 360 g/mol. The lowest BCUT2D eigenvalue weighted by Crippen LogP contribution is -2.48. The Morgan fingerprint density at radius 3 is 2.67 bits per heavy atom. The van der Waals surface area contributed by atoms with Crippen molar-refractivity contribution in [1.29, 1.82) is 5.26 Å². The van der Waals surface area contributed by atoms with Crippen LogP contribution in [-0.2, 0) is 0 Å². The number of hydrogen-bond acceptors (Lipinski definition) is 6. The smallest absolute Gasteiger partial charge is 0.253 e. The van der Waals surface area contributed by atoms with Crippen molar-refractivity contribution in [2.45, 2.75) is 5.92 Å². The van der Waals surface area contributed by atoms with Gasteiger partial charge in [-0.3, -0.25) is 4.79 Å². The van der Waals surface area contributed by atoms with Crippen LogP contribution in [0.5, 0.6) is 5.75 Å². The van der Waals surface area contributed by atoms with Gasteiger partial charge >= 0.3 is 0 Å². The van der Waals surface area contributed by atoms with Crippen molar-refractivity contribution in [3.05, 3.63) is 65.5 Å². The molecule has 4 rings (SSSR count). The number of carbonyl (C=O) groups excluding carboxylic acids is 1. The van der Waals surface area contributed by atoms with Gasteiger partial charge in [0.15, 0.2) is 0 Å². The van der Waals surface area contributed by atoms with Crippen molar-refractivity contribution in [2.24, 2.45) is 0 Å². The van der Waals surface area contributed by atoms with Crippen LogP contribution in [0.3, 0.4) is 0 Å². The van der Waals surface area contributed by atoms with E-state index in [1.54, 1.807) is 36.3 Å². The molecule has 2 heterocycles. The molecule has 0 radical (unpaired) electrons. The highest BCUT2D eigenvalue weighted by molar-refractivity contribution is 5.95. The molecule has 7 heteroatoms. The van der Waals surface area contributed by atoms with Gasteiger partial charge < -0.3 is 14.2 Å². The molecule has 1 amide bonds. The van der Waals surface area contributed by atoms with Crippen LogP contribution < -0.4 is 4.74 Å². The Labute approximate surface area is 155 Å². The number of rotatable bonds is 4. The van der Waals surface area contributed by atoms with Crippen LogP contribution in [0.25, 0.3) is 11.4 Å². The van der Waals surface area contributed by atoms with Crippen LogP contribution in [0.2, 0.25) is 0 Å². The van der Waals surface area contributed by atoms with Crippen LogP contribution >= 0.6 is 0 Å². The fraction of sp³-hybridized carbons (Fsp3) is 0.200. The quantitative estimate of drug-likeness (QED) is 0.710. The Hall–Kier alpha value is -3.66. The Morgan fingerprint density at radius 2 is 1.96 bits per heavy atom. The molecular formula is C20H16N4O3. The maximum Gasteiger partial charge on any atom is 0.253 e. The summed E-state index contributed by atoms with van der Waals surface area (Å²) in [6.45, 7) is 1.04. The van der Waals surface area contributed by atoms with Crippen molar-refractivity contribution in [2.75, 3.05) is 20.2 Å².